The first-order valence-electron chi connectivity index (χ1n) is 15.1. The second-order valence-electron chi connectivity index (χ2n) is 12.1. The van der Waals surface area contributed by atoms with Crippen molar-refractivity contribution in [3.05, 3.63) is 77.4 Å². The lowest BCUT2D eigenvalue weighted by atomic mass is 9.93. The Bertz CT molecular complexity index is 1940. The van der Waals surface area contributed by atoms with Crippen molar-refractivity contribution in [1.82, 2.24) is 20.3 Å². The minimum absolute atomic E-state index is 0.0228. The highest BCUT2D eigenvalue weighted by molar-refractivity contribution is 8.01. The first-order valence-corrected chi connectivity index (χ1v) is 16.1. The molecule has 6 heterocycles. The lowest BCUT2D eigenvalue weighted by Gasteiger charge is -2.26. The molecule has 0 aromatic carbocycles. The molecule has 0 aliphatic carbocycles. The third-order valence-electron chi connectivity index (χ3n) is 9.67. The fraction of sp³-hybridized carbons (Fsp3) is 0.412. The Hall–Kier alpha value is -3.85. The van der Waals surface area contributed by atoms with Gasteiger partial charge in [0.05, 0.1) is 10.8 Å². The number of carboxylic acid groups (broad SMARTS) is 2. The first-order chi connectivity index (χ1) is 20.5. The first kappa shape index (κ1) is 29.2. The molecule has 3 aromatic rings. The lowest BCUT2D eigenvalue weighted by molar-refractivity contribution is -0.138. The molecule has 43 heavy (non-hydrogen) atoms. The summed E-state index contributed by atoms with van der Waals surface area (Å²) in [4.78, 5) is 34.1. The number of thioether (sulfide) groups is 1. The highest BCUT2D eigenvalue weighted by atomic mass is 32.2. The van der Waals surface area contributed by atoms with Crippen molar-refractivity contribution in [3.63, 3.8) is 0 Å². The fourth-order valence-corrected chi connectivity index (χ4v) is 8.55. The van der Waals surface area contributed by atoms with Gasteiger partial charge < -0.3 is 30.5 Å². The number of hydrogen-bond acceptors (Lipinski definition) is 4. The van der Waals surface area contributed by atoms with Crippen LogP contribution in [0, 0.1) is 20.8 Å². The number of fused-ring (bicyclic) bond motifs is 10. The maximum Gasteiger partial charge on any atom is 0.303 e. The number of nitrogens with one attached hydrogen (secondary N) is 4. The van der Waals surface area contributed by atoms with E-state index in [1.807, 2.05) is 24.8 Å². The third kappa shape index (κ3) is 5.07. The van der Waals surface area contributed by atoms with Gasteiger partial charge in [-0.3, -0.25) is 9.59 Å². The highest BCUT2D eigenvalue weighted by Gasteiger charge is 2.47. The van der Waals surface area contributed by atoms with E-state index in [0.29, 0.717) is 12.8 Å². The zero-order chi connectivity index (χ0) is 30.6. The van der Waals surface area contributed by atoms with Crippen molar-refractivity contribution in [3.8, 4) is 0 Å². The molecule has 1 saturated heterocycles. The molecule has 8 bridgehead atoms. The maximum absolute atomic E-state index is 11.6. The molecule has 6 rings (SSSR count). The summed E-state index contributed by atoms with van der Waals surface area (Å²) in [5.74, 6) is -0.596. The molecule has 0 spiro atoms. The van der Waals surface area contributed by atoms with Gasteiger partial charge in [0.25, 0.3) is 0 Å². The molecule has 1 fully saturated rings. The van der Waals surface area contributed by atoms with Gasteiger partial charge in [0.2, 0.25) is 0 Å². The quantitative estimate of drug-likeness (QED) is 0.247. The molecule has 3 aliphatic rings. The molecular weight excluding hydrogens is 560 g/mol. The Morgan fingerprint density at radius 1 is 0.837 bits per heavy atom. The minimum atomic E-state index is -0.840. The van der Waals surface area contributed by atoms with E-state index < -0.39 is 11.9 Å². The van der Waals surface area contributed by atoms with Crippen molar-refractivity contribution in [2.45, 2.75) is 83.9 Å². The number of rotatable bonds is 7. The topological polar surface area (TPSA) is 134 Å². The highest BCUT2D eigenvalue weighted by Crippen LogP contribution is 2.50. The predicted molar refractivity (Wildman–Crippen MR) is 172 cm³/mol. The largest absolute Gasteiger partial charge is 0.481 e. The maximum atomic E-state index is 11.6. The van der Waals surface area contributed by atoms with Crippen LogP contribution < -0.4 is 26.7 Å². The number of carboxylic acids is 2. The molecule has 9 heteroatoms. The molecule has 0 radical (unpaired) electrons. The van der Waals surface area contributed by atoms with Gasteiger partial charge in [0.15, 0.2) is 0 Å². The van der Waals surface area contributed by atoms with E-state index in [-0.39, 0.29) is 23.6 Å². The number of carbonyl (C=O) groups is 2. The Morgan fingerprint density at radius 2 is 1.47 bits per heavy atom. The monoisotopic (exact) mass is 600 g/mol. The number of H-pyrrole nitrogens is 3. The van der Waals surface area contributed by atoms with Crippen LogP contribution in [0.25, 0.3) is 24.3 Å². The van der Waals surface area contributed by atoms with Gasteiger partial charge in [0.1, 0.15) is 0 Å². The Kier molecular flexibility index (Phi) is 7.49. The zero-order valence-corrected chi connectivity index (χ0v) is 26.3. The van der Waals surface area contributed by atoms with Gasteiger partial charge in [-0.1, -0.05) is 6.92 Å². The smallest absolute Gasteiger partial charge is 0.303 e. The summed E-state index contributed by atoms with van der Waals surface area (Å²) in [7, 11) is 0. The van der Waals surface area contributed by atoms with Gasteiger partial charge >= 0.3 is 11.9 Å². The van der Waals surface area contributed by atoms with Crippen LogP contribution in [0.15, 0.2) is 11.3 Å². The second-order valence-corrected chi connectivity index (χ2v) is 13.7. The molecule has 226 valence electrons. The Balaban J connectivity index is 1.68. The van der Waals surface area contributed by atoms with Gasteiger partial charge in [-0.25, -0.2) is 0 Å². The molecule has 3 aromatic heterocycles. The summed E-state index contributed by atoms with van der Waals surface area (Å²) < 4.78 is -0.0567. The zero-order valence-electron chi connectivity index (χ0n) is 25.5. The second kappa shape index (κ2) is 11.0. The molecular formula is C34H40N4O4S. The summed E-state index contributed by atoms with van der Waals surface area (Å²) in [6.07, 6.45) is 11.5. The van der Waals surface area contributed by atoms with Crippen molar-refractivity contribution >= 4 is 48.0 Å². The molecule has 6 N–H and O–H groups in total. The number of aromatic nitrogens is 3. The third-order valence-corrected chi connectivity index (χ3v) is 11.2. The summed E-state index contributed by atoms with van der Waals surface area (Å²) in [6.45, 7) is 10.8. The molecule has 0 saturated carbocycles. The molecule has 1 unspecified atom stereocenters. The van der Waals surface area contributed by atoms with E-state index in [4.69, 9.17) is 0 Å². The van der Waals surface area contributed by atoms with Crippen molar-refractivity contribution in [2.24, 2.45) is 0 Å². The average molecular weight is 601 g/mol. The summed E-state index contributed by atoms with van der Waals surface area (Å²) in [5.41, 5.74) is 10.8. The normalized spacial score (nSPS) is 23.7. The van der Waals surface area contributed by atoms with Crippen LogP contribution in [0.5, 0.6) is 0 Å². The average Bonchev–Trinajstić information content (AvgIpc) is 3.69. The Labute approximate surface area is 254 Å². The van der Waals surface area contributed by atoms with Crippen LogP contribution in [0.2, 0.25) is 0 Å². The van der Waals surface area contributed by atoms with Crippen molar-refractivity contribution in [1.29, 1.82) is 0 Å². The summed E-state index contributed by atoms with van der Waals surface area (Å²) >= 11 is 2.01. The predicted octanol–water partition coefficient (Wildman–Crippen LogP) is 2.55. The Morgan fingerprint density at radius 3 is 2.16 bits per heavy atom. The van der Waals surface area contributed by atoms with Gasteiger partial charge in [-0.2, -0.15) is 0 Å². The van der Waals surface area contributed by atoms with Crippen LogP contribution in [-0.2, 0) is 28.9 Å². The van der Waals surface area contributed by atoms with E-state index in [0.717, 1.165) is 79.3 Å². The van der Waals surface area contributed by atoms with E-state index in [1.54, 1.807) is 0 Å². The fourth-order valence-electron chi connectivity index (χ4n) is 7.12. The van der Waals surface area contributed by atoms with Crippen molar-refractivity contribution in [2.75, 3.05) is 5.75 Å². The standard InChI is InChI=1S/C34H40N4O4S/c1-6-20-17(2)24-13-25-18(3)21(7-9-32(39)40)27(35-25)15-28-22(8-10-33(41)42)19(4)26(36-28)14-30-23-11-12-43-34(23,5)31(38-30)16-29(20)37-24/h13-16,31,35-38H,6-12H2,1-5H3,(H,39,40)(H,41,42)/b24-13-,26-14-,28-15-,29-16-/t31?,34-/m1/s1. The van der Waals surface area contributed by atoms with E-state index in [1.165, 1.54) is 16.7 Å². The van der Waals surface area contributed by atoms with Crippen LogP contribution in [0.4, 0.5) is 0 Å². The van der Waals surface area contributed by atoms with Crippen LogP contribution in [0.3, 0.4) is 0 Å². The number of aromatic amines is 3. The number of hydrogen-bond donors (Lipinski definition) is 6. The van der Waals surface area contributed by atoms with E-state index >= 15 is 0 Å². The molecule has 8 nitrogen and oxygen atoms in total. The number of aliphatic carboxylic acids is 2. The van der Waals surface area contributed by atoms with Crippen LogP contribution >= 0.6 is 11.8 Å². The van der Waals surface area contributed by atoms with Crippen LogP contribution in [-0.4, -0.2) is 53.6 Å². The van der Waals surface area contributed by atoms with Gasteiger partial charge in [-0.15, -0.1) is 11.8 Å². The van der Waals surface area contributed by atoms with Crippen LogP contribution in [0.1, 0.15) is 77.9 Å². The molecule has 3 aliphatic heterocycles. The molecule has 0 amide bonds. The summed E-state index contributed by atoms with van der Waals surface area (Å²) in [6, 6.07) is 0.111. The minimum Gasteiger partial charge on any atom is -0.481 e. The van der Waals surface area contributed by atoms with Gasteiger partial charge in [-0.05, 0) is 122 Å². The van der Waals surface area contributed by atoms with E-state index in [9.17, 15) is 19.8 Å². The van der Waals surface area contributed by atoms with Gasteiger partial charge in [0, 0.05) is 51.3 Å². The SMILES string of the molecule is CCc1c(C)/c2[nH]/c1=C\C1NC(=C3CCS[C@]31C)/C=c1\[nH]/c(c(CCC(=O)O)c1C)=C\c1[nH]c(c(C)c1CCC(=O)O)\C=2. The van der Waals surface area contributed by atoms with Crippen molar-refractivity contribution < 1.29 is 19.8 Å². The summed E-state index contributed by atoms with van der Waals surface area (Å²) in [5, 5.41) is 26.9. The number of allylic oxidation sites excluding steroid dienone is 1. The molecule has 2 atom stereocenters. The van der Waals surface area contributed by atoms with E-state index in [2.05, 4.69) is 66.2 Å². The lowest BCUT2D eigenvalue weighted by Crippen LogP contribution is -2.39.